The number of benzene rings is 1. The fraction of sp³-hybridized carbons (Fsp3) is 0.588. The van der Waals surface area contributed by atoms with Gasteiger partial charge in [0, 0.05) is 31.5 Å². The Morgan fingerprint density at radius 1 is 1.10 bits per heavy atom. The number of hydrogen-bond donors (Lipinski definition) is 0. The van der Waals surface area contributed by atoms with Crippen LogP contribution in [0, 0.1) is 0 Å². The van der Waals surface area contributed by atoms with Crippen LogP contribution in [0.25, 0.3) is 0 Å². The third-order valence-electron chi connectivity index (χ3n) is 4.80. The molecule has 4 nitrogen and oxygen atoms in total. The number of fused-ring (bicyclic) bond motifs is 2. The first-order valence-electron chi connectivity index (χ1n) is 7.69. The molecule has 2 atom stereocenters. The third-order valence-corrected chi connectivity index (χ3v) is 4.80. The Kier molecular flexibility index (Phi) is 4.15. The van der Waals surface area contributed by atoms with Gasteiger partial charge in [-0.2, -0.15) is 0 Å². The predicted octanol–water partition coefficient (Wildman–Crippen LogP) is 2.44. The van der Waals surface area contributed by atoms with Gasteiger partial charge in [0.05, 0.1) is 14.2 Å². The zero-order valence-corrected chi connectivity index (χ0v) is 12.8. The van der Waals surface area contributed by atoms with Crippen molar-refractivity contribution in [1.82, 2.24) is 4.90 Å². The van der Waals surface area contributed by atoms with Crippen LogP contribution in [-0.4, -0.2) is 43.5 Å². The van der Waals surface area contributed by atoms with Crippen LogP contribution in [0.15, 0.2) is 18.2 Å². The van der Waals surface area contributed by atoms with Crippen molar-refractivity contribution in [2.75, 3.05) is 20.8 Å². The lowest BCUT2D eigenvalue weighted by Gasteiger charge is -2.33. The molecule has 0 aromatic heterocycles. The quantitative estimate of drug-likeness (QED) is 0.834. The molecule has 0 unspecified atom stereocenters. The van der Waals surface area contributed by atoms with Gasteiger partial charge in [-0.15, -0.1) is 0 Å². The van der Waals surface area contributed by atoms with Crippen molar-refractivity contribution in [1.29, 1.82) is 0 Å². The Bertz CT molecular complexity index is 513. The molecule has 2 aliphatic heterocycles. The number of ether oxygens (including phenoxy) is 2. The number of methoxy groups -OCH3 is 2. The number of carbonyl (C=O) groups is 1. The fourth-order valence-corrected chi connectivity index (χ4v) is 3.72. The lowest BCUT2D eigenvalue weighted by molar-refractivity contribution is -0.123. The van der Waals surface area contributed by atoms with E-state index in [0.29, 0.717) is 17.9 Å². The smallest absolute Gasteiger partial charge is 0.160 e. The summed E-state index contributed by atoms with van der Waals surface area (Å²) < 4.78 is 10.6. The zero-order valence-electron chi connectivity index (χ0n) is 12.8. The van der Waals surface area contributed by atoms with Crippen molar-refractivity contribution in [2.24, 2.45) is 0 Å². The molecule has 1 aromatic rings. The molecule has 0 amide bonds. The molecule has 2 bridgehead atoms. The van der Waals surface area contributed by atoms with Gasteiger partial charge in [-0.3, -0.25) is 9.69 Å². The van der Waals surface area contributed by atoms with Crippen molar-refractivity contribution in [3.63, 3.8) is 0 Å². The van der Waals surface area contributed by atoms with Crippen LogP contribution in [0.2, 0.25) is 0 Å². The fourth-order valence-electron chi connectivity index (χ4n) is 3.72. The average molecular weight is 289 g/mol. The molecule has 4 heteroatoms. The molecule has 0 N–H and O–H groups in total. The van der Waals surface area contributed by atoms with Gasteiger partial charge in [-0.1, -0.05) is 6.07 Å². The Hall–Kier alpha value is -1.55. The van der Waals surface area contributed by atoms with Crippen LogP contribution in [0.3, 0.4) is 0 Å². The summed E-state index contributed by atoms with van der Waals surface area (Å²) in [5.41, 5.74) is 1.25. The monoisotopic (exact) mass is 289 g/mol. The Balaban J connectivity index is 1.64. The number of nitrogens with zero attached hydrogens (tertiary/aromatic N) is 1. The first kappa shape index (κ1) is 14.4. The summed E-state index contributed by atoms with van der Waals surface area (Å²) >= 11 is 0. The normalized spacial score (nSPS) is 25.1. The lowest BCUT2D eigenvalue weighted by Crippen LogP contribution is -2.44. The van der Waals surface area contributed by atoms with Gasteiger partial charge < -0.3 is 9.47 Å². The minimum absolute atomic E-state index is 0.449. The number of piperidine rings is 1. The molecule has 2 heterocycles. The largest absolute Gasteiger partial charge is 0.493 e. The highest BCUT2D eigenvalue weighted by Gasteiger charge is 2.39. The van der Waals surface area contributed by atoms with Crippen LogP contribution in [0.5, 0.6) is 11.5 Å². The van der Waals surface area contributed by atoms with Crippen LogP contribution in [0.4, 0.5) is 0 Å². The second-order valence-electron chi connectivity index (χ2n) is 6.01. The van der Waals surface area contributed by atoms with Crippen LogP contribution in [0.1, 0.15) is 31.2 Å². The van der Waals surface area contributed by atoms with E-state index < -0.39 is 0 Å². The van der Waals surface area contributed by atoms with Crippen molar-refractivity contribution < 1.29 is 14.3 Å². The van der Waals surface area contributed by atoms with E-state index in [2.05, 4.69) is 17.0 Å². The van der Waals surface area contributed by atoms with E-state index in [1.807, 2.05) is 6.07 Å². The highest BCUT2D eigenvalue weighted by atomic mass is 16.5. The predicted molar refractivity (Wildman–Crippen MR) is 81.0 cm³/mol. The molecule has 21 heavy (non-hydrogen) atoms. The molecule has 0 aliphatic carbocycles. The third kappa shape index (κ3) is 2.91. The molecule has 0 spiro atoms. The van der Waals surface area contributed by atoms with Crippen molar-refractivity contribution >= 4 is 5.78 Å². The van der Waals surface area contributed by atoms with Crippen LogP contribution >= 0.6 is 0 Å². The standard InChI is InChI=1S/C17H23NO3/c1-20-16-6-3-12(9-17(16)21-2)7-8-18-13-4-5-14(18)11-15(19)10-13/h3,6,9,13-14H,4-5,7-8,10-11H2,1-2H3/t13-,14+. The molecular weight excluding hydrogens is 266 g/mol. The van der Waals surface area contributed by atoms with Crippen molar-refractivity contribution in [3.8, 4) is 11.5 Å². The van der Waals surface area contributed by atoms with E-state index in [9.17, 15) is 4.79 Å². The van der Waals surface area contributed by atoms with E-state index in [4.69, 9.17) is 9.47 Å². The van der Waals surface area contributed by atoms with E-state index in [-0.39, 0.29) is 0 Å². The summed E-state index contributed by atoms with van der Waals surface area (Å²) in [6.07, 6.45) is 4.86. The Morgan fingerprint density at radius 2 is 1.76 bits per heavy atom. The molecule has 2 fully saturated rings. The van der Waals surface area contributed by atoms with Gasteiger partial charge >= 0.3 is 0 Å². The number of rotatable bonds is 5. The summed E-state index contributed by atoms with van der Waals surface area (Å²) in [5, 5.41) is 0. The average Bonchev–Trinajstić information content (AvgIpc) is 2.74. The molecule has 2 saturated heterocycles. The maximum atomic E-state index is 11.6. The number of carbonyl (C=O) groups excluding carboxylic acids is 1. The number of ketones is 1. The van der Waals surface area contributed by atoms with E-state index >= 15 is 0 Å². The van der Waals surface area contributed by atoms with Gasteiger partial charge in [0.15, 0.2) is 11.5 Å². The van der Waals surface area contributed by atoms with E-state index in [1.165, 1.54) is 18.4 Å². The summed E-state index contributed by atoms with van der Waals surface area (Å²) in [6.45, 7) is 1.03. The first-order valence-corrected chi connectivity index (χ1v) is 7.69. The molecule has 0 saturated carbocycles. The van der Waals surface area contributed by atoms with Crippen LogP contribution in [-0.2, 0) is 11.2 Å². The molecule has 3 rings (SSSR count). The van der Waals surface area contributed by atoms with Crippen molar-refractivity contribution in [3.05, 3.63) is 23.8 Å². The second-order valence-corrected chi connectivity index (χ2v) is 6.01. The topological polar surface area (TPSA) is 38.8 Å². The molecular formula is C17H23NO3. The number of Topliss-reactive ketones (excluding diaryl/α,β-unsaturated/α-hetero) is 1. The highest BCUT2D eigenvalue weighted by molar-refractivity contribution is 5.80. The summed E-state index contributed by atoms with van der Waals surface area (Å²) in [5.74, 6) is 2.00. The molecule has 1 aromatic carbocycles. The Labute approximate surface area is 126 Å². The van der Waals surface area contributed by atoms with Gasteiger partial charge in [-0.05, 0) is 37.0 Å². The Morgan fingerprint density at radius 3 is 2.38 bits per heavy atom. The van der Waals surface area contributed by atoms with Crippen LogP contribution < -0.4 is 9.47 Å². The highest BCUT2D eigenvalue weighted by Crippen LogP contribution is 2.34. The summed E-state index contributed by atoms with van der Waals surface area (Å²) in [6, 6.07) is 7.07. The van der Waals surface area contributed by atoms with Gasteiger partial charge in [0.1, 0.15) is 5.78 Å². The maximum Gasteiger partial charge on any atom is 0.160 e. The zero-order chi connectivity index (χ0) is 14.8. The first-order chi connectivity index (χ1) is 10.2. The van der Waals surface area contributed by atoms with Gasteiger partial charge in [0.25, 0.3) is 0 Å². The van der Waals surface area contributed by atoms with E-state index in [0.717, 1.165) is 37.3 Å². The second kappa shape index (κ2) is 6.06. The van der Waals surface area contributed by atoms with Crippen molar-refractivity contribution in [2.45, 2.75) is 44.2 Å². The summed E-state index contributed by atoms with van der Waals surface area (Å²) in [4.78, 5) is 14.2. The maximum absolute atomic E-state index is 11.6. The number of hydrogen-bond acceptors (Lipinski definition) is 4. The molecule has 0 radical (unpaired) electrons. The van der Waals surface area contributed by atoms with Gasteiger partial charge in [0.2, 0.25) is 0 Å². The molecule has 2 aliphatic rings. The summed E-state index contributed by atoms with van der Waals surface area (Å²) in [7, 11) is 3.32. The minimum atomic E-state index is 0.449. The van der Waals surface area contributed by atoms with E-state index in [1.54, 1.807) is 14.2 Å². The van der Waals surface area contributed by atoms with Gasteiger partial charge in [-0.25, -0.2) is 0 Å². The molecule has 114 valence electrons. The SMILES string of the molecule is COc1ccc(CCN2[C@@H]3CC[C@H]2CC(=O)C3)cc1OC. The lowest BCUT2D eigenvalue weighted by atomic mass is 10.0. The minimum Gasteiger partial charge on any atom is -0.493 e.